The largest absolute Gasteiger partial charge is 0.496 e. The highest BCUT2D eigenvalue weighted by Gasteiger charge is 2.16. The highest BCUT2D eigenvalue weighted by atomic mass is 32.1. The van der Waals surface area contributed by atoms with E-state index in [1.807, 2.05) is 62.4 Å². The van der Waals surface area contributed by atoms with Gasteiger partial charge in [0.2, 0.25) is 5.91 Å². The summed E-state index contributed by atoms with van der Waals surface area (Å²) in [5.74, 6) is 1.23. The summed E-state index contributed by atoms with van der Waals surface area (Å²) in [6.07, 6.45) is 0. The standard InChI is InChI=1S/C20H22N4O2S/c1-13-8-10-15(11-9-13)19-22-23-20(27)24(19)12-18(25)21-14(2)16-6-4-5-7-17(16)26-3/h4-11,14H,12H2,1-3H3,(H,21,25)(H,23,27). The number of nitrogens with one attached hydrogen (secondary N) is 2. The number of carbonyl (C=O) groups is 1. The van der Waals surface area contributed by atoms with Gasteiger partial charge in [-0.25, -0.2) is 0 Å². The van der Waals surface area contributed by atoms with Crippen molar-refractivity contribution in [1.29, 1.82) is 0 Å². The van der Waals surface area contributed by atoms with Crippen LogP contribution in [0.4, 0.5) is 0 Å². The molecule has 0 bridgehead atoms. The molecule has 0 radical (unpaired) electrons. The fraction of sp³-hybridized carbons (Fsp3) is 0.250. The van der Waals surface area contributed by atoms with E-state index < -0.39 is 0 Å². The molecule has 27 heavy (non-hydrogen) atoms. The lowest BCUT2D eigenvalue weighted by Crippen LogP contribution is -2.30. The molecule has 3 rings (SSSR count). The number of benzene rings is 2. The zero-order valence-electron chi connectivity index (χ0n) is 15.5. The number of carbonyl (C=O) groups excluding carboxylic acids is 1. The molecule has 0 aliphatic heterocycles. The van der Waals surface area contributed by atoms with E-state index in [0.29, 0.717) is 10.6 Å². The molecule has 0 fully saturated rings. The second-order valence-corrected chi connectivity index (χ2v) is 6.72. The highest BCUT2D eigenvalue weighted by molar-refractivity contribution is 7.71. The van der Waals surface area contributed by atoms with Gasteiger partial charge in [-0.3, -0.25) is 14.5 Å². The van der Waals surface area contributed by atoms with Crippen molar-refractivity contribution in [3.8, 4) is 17.1 Å². The molecule has 1 unspecified atom stereocenters. The van der Waals surface area contributed by atoms with Crippen LogP contribution in [0.15, 0.2) is 48.5 Å². The maximum Gasteiger partial charge on any atom is 0.240 e. The molecule has 3 aromatic rings. The normalized spacial score (nSPS) is 11.8. The third-order valence-corrected chi connectivity index (χ3v) is 4.66. The first-order chi connectivity index (χ1) is 13.0. The maximum atomic E-state index is 12.6. The van der Waals surface area contributed by atoms with E-state index in [-0.39, 0.29) is 18.5 Å². The van der Waals surface area contributed by atoms with Gasteiger partial charge < -0.3 is 10.1 Å². The molecule has 0 spiro atoms. The van der Waals surface area contributed by atoms with Gasteiger partial charge in [0.05, 0.1) is 13.2 Å². The van der Waals surface area contributed by atoms with Crippen LogP contribution in [-0.4, -0.2) is 27.8 Å². The molecule has 140 valence electrons. The number of ether oxygens (including phenoxy) is 1. The van der Waals surface area contributed by atoms with Gasteiger partial charge >= 0.3 is 0 Å². The third kappa shape index (κ3) is 4.25. The van der Waals surface area contributed by atoms with Crippen LogP contribution in [0.25, 0.3) is 11.4 Å². The average molecular weight is 382 g/mol. The Morgan fingerprint density at radius 1 is 1.26 bits per heavy atom. The number of amides is 1. The first-order valence-corrected chi connectivity index (χ1v) is 9.05. The summed E-state index contributed by atoms with van der Waals surface area (Å²) in [5.41, 5.74) is 2.98. The van der Waals surface area contributed by atoms with Crippen LogP contribution in [0.5, 0.6) is 5.75 Å². The third-order valence-electron chi connectivity index (χ3n) is 4.35. The summed E-state index contributed by atoms with van der Waals surface area (Å²) in [5, 5.41) is 10.1. The Morgan fingerprint density at radius 2 is 1.96 bits per heavy atom. The van der Waals surface area contributed by atoms with E-state index in [2.05, 4.69) is 15.5 Å². The molecule has 0 aliphatic carbocycles. The van der Waals surface area contributed by atoms with Gasteiger partial charge in [0.15, 0.2) is 10.6 Å². The molecule has 1 amide bonds. The first kappa shape index (κ1) is 18.8. The van der Waals surface area contributed by atoms with Crippen LogP contribution in [-0.2, 0) is 11.3 Å². The van der Waals surface area contributed by atoms with Crippen LogP contribution in [0.2, 0.25) is 0 Å². The fourth-order valence-corrected chi connectivity index (χ4v) is 3.12. The molecule has 7 heteroatoms. The summed E-state index contributed by atoms with van der Waals surface area (Å²) in [4.78, 5) is 12.6. The minimum Gasteiger partial charge on any atom is -0.496 e. The SMILES string of the molecule is COc1ccccc1C(C)NC(=O)Cn1c(-c2ccc(C)cc2)n[nH]c1=S. The molecule has 2 N–H and O–H groups in total. The topological polar surface area (TPSA) is 71.9 Å². The molecule has 6 nitrogen and oxygen atoms in total. The average Bonchev–Trinajstić information content (AvgIpc) is 3.02. The first-order valence-electron chi connectivity index (χ1n) is 8.64. The predicted octanol–water partition coefficient (Wildman–Crippen LogP) is 3.80. The van der Waals surface area contributed by atoms with Crippen LogP contribution in [0.1, 0.15) is 24.1 Å². The van der Waals surface area contributed by atoms with Crippen LogP contribution in [0.3, 0.4) is 0 Å². The fourth-order valence-electron chi connectivity index (χ4n) is 2.92. The zero-order valence-corrected chi connectivity index (χ0v) is 16.3. The lowest BCUT2D eigenvalue weighted by atomic mass is 10.1. The van der Waals surface area contributed by atoms with Gasteiger partial charge in [-0.1, -0.05) is 48.0 Å². The van der Waals surface area contributed by atoms with Gasteiger partial charge in [0.25, 0.3) is 0 Å². The van der Waals surface area contributed by atoms with Crippen LogP contribution < -0.4 is 10.1 Å². The quantitative estimate of drug-likeness (QED) is 0.636. The zero-order chi connectivity index (χ0) is 19.4. The van der Waals surface area contributed by atoms with E-state index in [1.54, 1.807) is 11.7 Å². The molecule has 0 saturated heterocycles. The van der Waals surface area contributed by atoms with E-state index in [0.717, 1.165) is 22.4 Å². The second kappa shape index (κ2) is 8.18. The number of aromatic nitrogens is 3. The van der Waals surface area contributed by atoms with Crippen LogP contribution >= 0.6 is 12.2 Å². The monoisotopic (exact) mass is 382 g/mol. The molecule has 1 aromatic heterocycles. The summed E-state index contributed by atoms with van der Waals surface area (Å²) in [7, 11) is 1.62. The van der Waals surface area contributed by atoms with Crippen molar-refractivity contribution in [3.63, 3.8) is 0 Å². The van der Waals surface area contributed by atoms with Crippen molar-refractivity contribution in [3.05, 3.63) is 64.4 Å². The number of rotatable bonds is 6. The minimum atomic E-state index is -0.197. The van der Waals surface area contributed by atoms with E-state index in [1.165, 1.54) is 0 Å². The van der Waals surface area contributed by atoms with Crippen molar-refractivity contribution in [2.75, 3.05) is 7.11 Å². The Morgan fingerprint density at radius 3 is 2.67 bits per heavy atom. The highest BCUT2D eigenvalue weighted by Crippen LogP contribution is 2.24. The van der Waals surface area contributed by atoms with Gasteiger partial charge in [-0.15, -0.1) is 0 Å². The second-order valence-electron chi connectivity index (χ2n) is 6.34. The summed E-state index contributed by atoms with van der Waals surface area (Å²) >= 11 is 5.31. The number of hydrogen-bond acceptors (Lipinski definition) is 4. The van der Waals surface area contributed by atoms with Crippen molar-refractivity contribution in [1.82, 2.24) is 20.1 Å². The number of H-pyrrole nitrogens is 1. The van der Waals surface area contributed by atoms with Crippen molar-refractivity contribution >= 4 is 18.1 Å². The molecular formula is C20H22N4O2S. The van der Waals surface area contributed by atoms with Gasteiger partial charge in [0.1, 0.15) is 12.3 Å². The number of hydrogen-bond donors (Lipinski definition) is 2. The van der Waals surface area contributed by atoms with Gasteiger partial charge in [0, 0.05) is 11.1 Å². The lowest BCUT2D eigenvalue weighted by molar-refractivity contribution is -0.122. The Hall–Kier alpha value is -2.93. The maximum absolute atomic E-state index is 12.6. The molecule has 1 atom stereocenters. The summed E-state index contributed by atoms with van der Waals surface area (Å²) < 4.78 is 7.48. The predicted molar refractivity (Wildman–Crippen MR) is 107 cm³/mol. The molecule has 0 aliphatic rings. The van der Waals surface area contributed by atoms with Gasteiger partial charge in [-0.2, -0.15) is 5.10 Å². The Bertz CT molecular complexity index is 992. The van der Waals surface area contributed by atoms with Gasteiger partial charge in [-0.05, 0) is 32.1 Å². The number of aryl methyl sites for hydroxylation is 1. The summed E-state index contributed by atoms with van der Waals surface area (Å²) in [6.45, 7) is 4.02. The lowest BCUT2D eigenvalue weighted by Gasteiger charge is -2.17. The van der Waals surface area contributed by atoms with Crippen molar-refractivity contribution < 1.29 is 9.53 Å². The minimum absolute atomic E-state index is 0.0814. The Labute approximate surface area is 163 Å². The molecule has 2 aromatic carbocycles. The van der Waals surface area contributed by atoms with E-state index >= 15 is 0 Å². The molecular weight excluding hydrogens is 360 g/mol. The van der Waals surface area contributed by atoms with Crippen LogP contribution in [0, 0.1) is 11.7 Å². The Balaban J connectivity index is 1.78. The van der Waals surface area contributed by atoms with E-state index in [4.69, 9.17) is 17.0 Å². The molecule has 1 heterocycles. The Kier molecular flexibility index (Phi) is 5.71. The number of nitrogens with zero attached hydrogens (tertiary/aromatic N) is 2. The van der Waals surface area contributed by atoms with Crippen molar-refractivity contribution in [2.24, 2.45) is 0 Å². The van der Waals surface area contributed by atoms with E-state index in [9.17, 15) is 4.79 Å². The number of para-hydroxylation sites is 1. The number of methoxy groups -OCH3 is 1. The van der Waals surface area contributed by atoms with Crippen molar-refractivity contribution in [2.45, 2.75) is 26.4 Å². The number of aromatic amines is 1. The summed E-state index contributed by atoms with van der Waals surface area (Å²) in [6, 6.07) is 15.4. The smallest absolute Gasteiger partial charge is 0.240 e. The molecule has 0 saturated carbocycles.